The van der Waals surface area contributed by atoms with Crippen LogP contribution in [0.5, 0.6) is 0 Å². The molecule has 1 heterocycles. The summed E-state index contributed by atoms with van der Waals surface area (Å²) in [6, 6.07) is 5.26. The Bertz CT molecular complexity index is 829. The Morgan fingerprint density at radius 1 is 1.38 bits per heavy atom. The number of primary amides is 1. The van der Waals surface area contributed by atoms with E-state index in [4.69, 9.17) is 17.3 Å². The van der Waals surface area contributed by atoms with Crippen molar-refractivity contribution in [2.24, 2.45) is 11.7 Å². The molecule has 126 valence electrons. The summed E-state index contributed by atoms with van der Waals surface area (Å²) in [5.41, 5.74) is 8.39. The molecule has 1 atom stereocenters. The van der Waals surface area contributed by atoms with Crippen molar-refractivity contribution in [1.82, 2.24) is 0 Å². The minimum Gasteiger partial charge on any atom is -0.365 e. The van der Waals surface area contributed by atoms with Crippen molar-refractivity contribution in [3.8, 4) is 0 Å². The number of hydrogen-bond acceptors (Lipinski definition) is 3. The summed E-state index contributed by atoms with van der Waals surface area (Å²) in [5, 5.41) is 3.76. The number of nitrogens with one attached hydrogen (secondary N) is 1. The number of anilines is 1. The monoisotopic (exact) mass is 362 g/mol. The van der Waals surface area contributed by atoms with Gasteiger partial charge in [-0.25, -0.2) is 0 Å². The van der Waals surface area contributed by atoms with Gasteiger partial charge in [-0.3, -0.25) is 9.59 Å². The standard InChI is InChI=1S/C18H19ClN2O2S/c1-9-3-5-11(13(19)7-9)17(23)21-18-15(16(20)22)12-6-4-10(2)8-14(12)24-18/h3,5,7,10H,4,6,8H2,1-2H3,(H2,20,22)(H,21,23)/t10-/m1/s1. The maximum Gasteiger partial charge on any atom is 0.257 e. The second-order valence-electron chi connectivity index (χ2n) is 6.36. The van der Waals surface area contributed by atoms with Gasteiger partial charge in [0.2, 0.25) is 0 Å². The zero-order valence-electron chi connectivity index (χ0n) is 13.6. The number of hydrogen-bond donors (Lipinski definition) is 2. The Balaban J connectivity index is 1.95. The summed E-state index contributed by atoms with van der Waals surface area (Å²) in [7, 11) is 0. The van der Waals surface area contributed by atoms with E-state index in [0.717, 1.165) is 35.3 Å². The molecule has 0 radical (unpaired) electrons. The van der Waals surface area contributed by atoms with Crippen LogP contribution in [0.25, 0.3) is 0 Å². The first-order valence-electron chi connectivity index (χ1n) is 7.88. The van der Waals surface area contributed by atoms with Gasteiger partial charge in [0.15, 0.2) is 0 Å². The lowest BCUT2D eigenvalue weighted by Gasteiger charge is -2.18. The van der Waals surface area contributed by atoms with E-state index in [-0.39, 0.29) is 5.91 Å². The molecule has 0 spiro atoms. The highest BCUT2D eigenvalue weighted by Gasteiger charge is 2.27. The molecule has 1 aliphatic rings. The Morgan fingerprint density at radius 2 is 2.12 bits per heavy atom. The fourth-order valence-electron chi connectivity index (χ4n) is 3.07. The van der Waals surface area contributed by atoms with Crippen LogP contribution in [0.15, 0.2) is 18.2 Å². The molecule has 3 N–H and O–H groups in total. The van der Waals surface area contributed by atoms with Gasteiger partial charge < -0.3 is 11.1 Å². The van der Waals surface area contributed by atoms with Crippen LogP contribution in [0, 0.1) is 12.8 Å². The van der Waals surface area contributed by atoms with E-state index in [1.807, 2.05) is 13.0 Å². The van der Waals surface area contributed by atoms with E-state index in [1.54, 1.807) is 12.1 Å². The lowest BCUT2D eigenvalue weighted by atomic mass is 9.88. The summed E-state index contributed by atoms with van der Waals surface area (Å²) in [6.45, 7) is 4.10. The number of amides is 2. The molecule has 0 saturated heterocycles. The molecule has 2 amide bonds. The highest BCUT2D eigenvalue weighted by Crippen LogP contribution is 2.39. The molecule has 0 fully saturated rings. The minimum atomic E-state index is -0.493. The van der Waals surface area contributed by atoms with Crippen molar-refractivity contribution in [1.29, 1.82) is 0 Å². The number of nitrogens with two attached hydrogens (primary N) is 1. The molecule has 0 bridgehead atoms. The average molecular weight is 363 g/mol. The molecular formula is C18H19ClN2O2S. The highest BCUT2D eigenvalue weighted by molar-refractivity contribution is 7.17. The normalized spacial score (nSPS) is 16.5. The van der Waals surface area contributed by atoms with Gasteiger partial charge >= 0.3 is 0 Å². The van der Waals surface area contributed by atoms with Gasteiger partial charge in [-0.05, 0) is 55.4 Å². The minimum absolute atomic E-state index is 0.325. The van der Waals surface area contributed by atoms with Crippen molar-refractivity contribution < 1.29 is 9.59 Å². The summed E-state index contributed by atoms with van der Waals surface area (Å²) in [4.78, 5) is 25.6. The molecular weight excluding hydrogens is 344 g/mol. The number of benzene rings is 1. The van der Waals surface area contributed by atoms with E-state index in [9.17, 15) is 9.59 Å². The van der Waals surface area contributed by atoms with Crippen molar-refractivity contribution in [3.05, 3.63) is 50.4 Å². The van der Waals surface area contributed by atoms with Gasteiger partial charge in [0, 0.05) is 4.88 Å². The Morgan fingerprint density at radius 3 is 2.79 bits per heavy atom. The molecule has 0 aliphatic heterocycles. The predicted octanol–water partition coefficient (Wildman–Crippen LogP) is 4.19. The second-order valence-corrected chi connectivity index (χ2v) is 7.87. The van der Waals surface area contributed by atoms with Crippen LogP contribution >= 0.6 is 22.9 Å². The summed E-state index contributed by atoms with van der Waals surface area (Å²) >= 11 is 7.61. The van der Waals surface area contributed by atoms with Crippen LogP contribution in [-0.4, -0.2) is 11.8 Å². The zero-order valence-corrected chi connectivity index (χ0v) is 15.2. The summed E-state index contributed by atoms with van der Waals surface area (Å²) in [6.07, 6.45) is 2.77. The molecule has 24 heavy (non-hydrogen) atoms. The van der Waals surface area contributed by atoms with E-state index in [2.05, 4.69) is 12.2 Å². The smallest absolute Gasteiger partial charge is 0.257 e. The fourth-order valence-corrected chi connectivity index (χ4v) is 4.81. The van der Waals surface area contributed by atoms with E-state index < -0.39 is 5.91 Å². The molecule has 6 heteroatoms. The lowest BCUT2D eigenvalue weighted by molar-refractivity contribution is 0.1000. The number of rotatable bonds is 3. The maximum atomic E-state index is 12.6. The maximum absolute atomic E-state index is 12.6. The van der Waals surface area contributed by atoms with Crippen molar-refractivity contribution in [2.45, 2.75) is 33.1 Å². The number of carbonyl (C=O) groups excluding carboxylic acids is 2. The lowest BCUT2D eigenvalue weighted by Crippen LogP contribution is -2.19. The molecule has 1 aliphatic carbocycles. The topological polar surface area (TPSA) is 72.2 Å². The Kier molecular flexibility index (Phi) is 4.65. The Labute approximate surface area is 150 Å². The Hall–Kier alpha value is -1.85. The van der Waals surface area contributed by atoms with E-state index >= 15 is 0 Å². The molecule has 0 saturated carbocycles. The largest absolute Gasteiger partial charge is 0.365 e. The zero-order chi connectivity index (χ0) is 17.4. The van der Waals surface area contributed by atoms with Gasteiger partial charge in [-0.1, -0.05) is 24.6 Å². The van der Waals surface area contributed by atoms with Gasteiger partial charge in [-0.2, -0.15) is 0 Å². The van der Waals surface area contributed by atoms with Crippen LogP contribution in [0.1, 0.15) is 50.1 Å². The van der Waals surface area contributed by atoms with Gasteiger partial charge in [-0.15, -0.1) is 11.3 Å². The fraction of sp³-hybridized carbons (Fsp3) is 0.333. The average Bonchev–Trinajstić information content (AvgIpc) is 2.83. The molecule has 4 nitrogen and oxygen atoms in total. The van der Waals surface area contributed by atoms with Gasteiger partial charge in [0.25, 0.3) is 11.8 Å². The van der Waals surface area contributed by atoms with Crippen molar-refractivity contribution in [2.75, 3.05) is 5.32 Å². The quantitative estimate of drug-likeness (QED) is 0.859. The van der Waals surface area contributed by atoms with Crippen LogP contribution < -0.4 is 11.1 Å². The third kappa shape index (κ3) is 3.19. The number of thiophene rings is 1. The van der Waals surface area contributed by atoms with Crippen LogP contribution in [0.3, 0.4) is 0 Å². The van der Waals surface area contributed by atoms with E-state index in [0.29, 0.717) is 27.1 Å². The second kappa shape index (κ2) is 6.57. The number of carbonyl (C=O) groups is 2. The summed E-state index contributed by atoms with van der Waals surface area (Å²) in [5.74, 6) is -0.242. The SMILES string of the molecule is Cc1ccc(C(=O)Nc2sc3c(c2C(N)=O)CC[C@@H](C)C3)c(Cl)c1. The van der Waals surface area contributed by atoms with Gasteiger partial charge in [0.1, 0.15) is 5.00 Å². The number of halogens is 1. The molecule has 1 aromatic carbocycles. The van der Waals surface area contributed by atoms with Crippen molar-refractivity contribution in [3.63, 3.8) is 0 Å². The summed E-state index contributed by atoms with van der Waals surface area (Å²) < 4.78 is 0. The number of aryl methyl sites for hydroxylation is 1. The van der Waals surface area contributed by atoms with Crippen LogP contribution in [-0.2, 0) is 12.8 Å². The molecule has 3 rings (SSSR count). The predicted molar refractivity (Wildman–Crippen MR) is 98.2 cm³/mol. The van der Waals surface area contributed by atoms with Crippen LogP contribution in [0.4, 0.5) is 5.00 Å². The number of fused-ring (bicyclic) bond motifs is 1. The highest BCUT2D eigenvalue weighted by atomic mass is 35.5. The first-order chi connectivity index (χ1) is 11.4. The molecule has 2 aromatic rings. The first-order valence-corrected chi connectivity index (χ1v) is 9.08. The van der Waals surface area contributed by atoms with Gasteiger partial charge in [0.05, 0.1) is 16.1 Å². The van der Waals surface area contributed by atoms with E-state index in [1.165, 1.54) is 11.3 Å². The van der Waals surface area contributed by atoms with Crippen LogP contribution in [0.2, 0.25) is 5.02 Å². The van der Waals surface area contributed by atoms with Crippen molar-refractivity contribution >= 4 is 39.8 Å². The third-order valence-electron chi connectivity index (χ3n) is 4.35. The molecule has 0 unspecified atom stereocenters. The molecule has 1 aromatic heterocycles. The third-order valence-corrected chi connectivity index (χ3v) is 5.84. The first kappa shape index (κ1) is 17.0.